The zero-order valence-electron chi connectivity index (χ0n) is 12.8. The van der Waals surface area contributed by atoms with Gasteiger partial charge < -0.3 is 4.74 Å². The first-order valence-corrected chi connectivity index (χ1v) is 7.96. The summed E-state index contributed by atoms with van der Waals surface area (Å²) in [5.41, 5.74) is 2.83. The standard InChI is InChI=1S/C18H30O/c1-3-4-15-19-16-9-7-5-6-8-10-18-13-11-17(2)12-14-18/h11-14H,3-10,15-16H2,1-2H3. The number of benzene rings is 1. The van der Waals surface area contributed by atoms with Crippen LogP contribution >= 0.6 is 0 Å². The lowest BCUT2D eigenvalue weighted by molar-refractivity contribution is 0.127. The van der Waals surface area contributed by atoms with E-state index in [0.29, 0.717) is 0 Å². The van der Waals surface area contributed by atoms with E-state index in [1.165, 1.54) is 62.5 Å². The largest absolute Gasteiger partial charge is 0.381 e. The fourth-order valence-corrected chi connectivity index (χ4v) is 2.17. The molecule has 0 saturated carbocycles. The molecule has 0 N–H and O–H groups in total. The highest BCUT2D eigenvalue weighted by atomic mass is 16.5. The molecule has 0 aliphatic rings. The summed E-state index contributed by atoms with van der Waals surface area (Å²) in [5, 5.41) is 0. The van der Waals surface area contributed by atoms with Crippen molar-refractivity contribution >= 4 is 0 Å². The Morgan fingerprint density at radius 1 is 0.789 bits per heavy atom. The maximum absolute atomic E-state index is 5.56. The summed E-state index contributed by atoms with van der Waals surface area (Å²) in [6, 6.07) is 8.94. The molecule has 0 bridgehead atoms. The summed E-state index contributed by atoms with van der Waals surface area (Å²) < 4.78 is 5.56. The zero-order valence-corrected chi connectivity index (χ0v) is 12.8. The second-order valence-electron chi connectivity index (χ2n) is 5.47. The second-order valence-corrected chi connectivity index (χ2v) is 5.47. The van der Waals surface area contributed by atoms with Gasteiger partial charge in [-0.1, -0.05) is 62.4 Å². The van der Waals surface area contributed by atoms with Crippen LogP contribution in [0.4, 0.5) is 0 Å². The molecule has 0 saturated heterocycles. The number of hydrogen-bond donors (Lipinski definition) is 0. The SMILES string of the molecule is CCCCOCCCCCCCc1ccc(C)cc1. The van der Waals surface area contributed by atoms with E-state index in [2.05, 4.69) is 38.1 Å². The van der Waals surface area contributed by atoms with Crippen molar-refractivity contribution in [3.05, 3.63) is 35.4 Å². The summed E-state index contributed by atoms with van der Waals surface area (Å²) >= 11 is 0. The van der Waals surface area contributed by atoms with Crippen molar-refractivity contribution in [3.63, 3.8) is 0 Å². The van der Waals surface area contributed by atoms with Crippen LogP contribution in [0.1, 0.15) is 63.0 Å². The maximum atomic E-state index is 5.56. The molecule has 0 atom stereocenters. The summed E-state index contributed by atoms with van der Waals surface area (Å²) in [4.78, 5) is 0. The Morgan fingerprint density at radius 3 is 2.16 bits per heavy atom. The van der Waals surface area contributed by atoms with Crippen molar-refractivity contribution < 1.29 is 4.74 Å². The van der Waals surface area contributed by atoms with E-state index in [1.54, 1.807) is 0 Å². The van der Waals surface area contributed by atoms with Crippen molar-refractivity contribution in [2.75, 3.05) is 13.2 Å². The van der Waals surface area contributed by atoms with Gasteiger partial charge in [0.2, 0.25) is 0 Å². The predicted octanol–water partition coefficient (Wildman–Crippen LogP) is 5.30. The Balaban J connectivity index is 1.87. The minimum absolute atomic E-state index is 0.948. The summed E-state index contributed by atoms with van der Waals surface area (Å²) in [7, 11) is 0. The smallest absolute Gasteiger partial charge is 0.0466 e. The first-order chi connectivity index (χ1) is 9.33. The normalized spacial score (nSPS) is 10.8. The highest BCUT2D eigenvalue weighted by Gasteiger charge is 1.95. The van der Waals surface area contributed by atoms with Gasteiger partial charge in [0, 0.05) is 13.2 Å². The van der Waals surface area contributed by atoms with Crippen LogP contribution in [0, 0.1) is 6.92 Å². The van der Waals surface area contributed by atoms with Gasteiger partial charge in [0.05, 0.1) is 0 Å². The topological polar surface area (TPSA) is 9.23 Å². The van der Waals surface area contributed by atoms with Crippen LogP contribution in [0.15, 0.2) is 24.3 Å². The molecule has 1 rings (SSSR count). The van der Waals surface area contributed by atoms with Crippen LogP contribution in [0.5, 0.6) is 0 Å². The van der Waals surface area contributed by atoms with Crippen molar-refractivity contribution in [2.45, 2.75) is 65.2 Å². The van der Waals surface area contributed by atoms with E-state index in [4.69, 9.17) is 4.74 Å². The molecule has 0 fully saturated rings. The Hall–Kier alpha value is -0.820. The van der Waals surface area contributed by atoms with E-state index in [9.17, 15) is 0 Å². The lowest BCUT2D eigenvalue weighted by Crippen LogP contribution is -1.96. The number of ether oxygens (including phenoxy) is 1. The molecule has 0 aromatic heterocycles. The molecule has 19 heavy (non-hydrogen) atoms. The monoisotopic (exact) mass is 262 g/mol. The highest BCUT2D eigenvalue weighted by molar-refractivity contribution is 5.21. The molecule has 108 valence electrons. The molecule has 0 heterocycles. The average Bonchev–Trinajstić information content (AvgIpc) is 2.43. The second kappa shape index (κ2) is 11.0. The maximum Gasteiger partial charge on any atom is 0.0466 e. The third kappa shape index (κ3) is 8.83. The van der Waals surface area contributed by atoms with Gasteiger partial charge in [0.25, 0.3) is 0 Å². The molecule has 1 aromatic carbocycles. The van der Waals surface area contributed by atoms with Gasteiger partial charge in [-0.15, -0.1) is 0 Å². The van der Waals surface area contributed by atoms with Crippen LogP contribution in [-0.2, 0) is 11.2 Å². The minimum Gasteiger partial charge on any atom is -0.381 e. The molecule has 1 nitrogen and oxygen atoms in total. The number of rotatable bonds is 11. The highest BCUT2D eigenvalue weighted by Crippen LogP contribution is 2.10. The lowest BCUT2D eigenvalue weighted by Gasteiger charge is -2.04. The van der Waals surface area contributed by atoms with E-state index < -0.39 is 0 Å². The van der Waals surface area contributed by atoms with Crippen molar-refractivity contribution in [1.29, 1.82) is 0 Å². The predicted molar refractivity (Wildman–Crippen MR) is 83.7 cm³/mol. The van der Waals surface area contributed by atoms with Gasteiger partial charge >= 0.3 is 0 Å². The molecule has 0 amide bonds. The fraction of sp³-hybridized carbons (Fsp3) is 0.667. The van der Waals surface area contributed by atoms with Gasteiger partial charge in [0.1, 0.15) is 0 Å². The van der Waals surface area contributed by atoms with Crippen molar-refractivity contribution in [1.82, 2.24) is 0 Å². The van der Waals surface area contributed by atoms with E-state index in [1.807, 2.05) is 0 Å². The molecular formula is C18H30O. The van der Waals surface area contributed by atoms with Gasteiger partial charge in [-0.05, 0) is 38.2 Å². The first kappa shape index (κ1) is 16.2. The summed E-state index contributed by atoms with van der Waals surface area (Å²) in [6.07, 6.45) is 10.2. The lowest BCUT2D eigenvalue weighted by atomic mass is 10.0. The number of hydrogen-bond acceptors (Lipinski definition) is 1. The van der Waals surface area contributed by atoms with Crippen molar-refractivity contribution in [3.8, 4) is 0 Å². The van der Waals surface area contributed by atoms with E-state index >= 15 is 0 Å². The van der Waals surface area contributed by atoms with Crippen LogP contribution in [0.2, 0.25) is 0 Å². The Morgan fingerprint density at radius 2 is 1.42 bits per heavy atom. The molecule has 1 heteroatoms. The van der Waals surface area contributed by atoms with E-state index in [0.717, 1.165) is 13.2 Å². The molecular weight excluding hydrogens is 232 g/mol. The molecule has 0 aliphatic carbocycles. The molecule has 0 spiro atoms. The molecule has 0 unspecified atom stereocenters. The third-order valence-corrected chi connectivity index (χ3v) is 3.52. The number of unbranched alkanes of at least 4 members (excludes halogenated alkanes) is 5. The van der Waals surface area contributed by atoms with Gasteiger partial charge in [-0.25, -0.2) is 0 Å². The fourth-order valence-electron chi connectivity index (χ4n) is 2.17. The number of aryl methyl sites for hydroxylation is 2. The van der Waals surface area contributed by atoms with Gasteiger partial charge in [-0.2, -0.15) is 0 Å². The zero-order chi connectivity index (χ0) is 13.8. The molecule has 0 aliphatic heterocycles. The summed E-state index contributed by atoms with van der Waals surface area (Å²) in [5.74, 6) is 0. The van der Waals surface area contributed by atoms with Crippen LogP contribution < -0.4 is 0 Å². The van der Waals surface area contributed by atoms with Crippen LogP contribution in [-0.4, -0.2) is 13.2 Å². The van der Waals surface area contributed by atoms with E-state index in [-0.39, 0.29) is 0 Å². The molecule has 1 aromatic rings. The average molecular weight is 262 g/mol. The van der Waals surface area contributed by atoms with Crippen LogP contribution in [0.25, 0.3) is 0 Å². The quantitative estimate of drug-likeness (QED) is 0.491. The summed E-state index contributed by atoms with van der Waals surface area (Å²) in [6.45, 7) is 6.26. The van der Waals surface area contributed by atoms with Crippen LogP contribution in [0.3, 0.4) is 0 Å². The Labute approximate surface area is 119 Å². The third-order valence-electron chi connectivity index (χ3n) is 3.52. The Kier molecular flexibility index (Phi) is 9.44. The van der Waals surface area contributed by atoms with Gasteiger partial charge in [0.15, 0.2) is 0 Å². The first-order valence-electron chi connectivity index (χ1n) is 7.96. The van der Waals surface area contributed by atoms with Crippen molar-refractivity contribution in [2.24, 2.45) is 0 Å². The van der Waals surface area contributed by atoms with Gasteiger partial charge in [-0.3, -0.25) is 0 Å². The molecule has 0 radical (unpaired) electrons. The Bertz CT molecular complexity index is 302. The minimum atomic E-state index is 0.948.